The molecule has 1 saturated heterocycles. The summed E-state index contributed by atoms with van der Waals surface area (Å²) in [6.07, 6.45) is 4.40. The van der Waals surface area contributed by atoms with E-state index >= 15 is 0 Å². The van der Waals surface area contributed by atoms with E-state index in [0.717, 1.165) is 18.8 Å². The molecule has 14 heavy (non-hydrogen) atoms. The summed E-state index contributed by atoms with van der Waals surface area (Å²) >= 11 is 0. The van der Waals surface area contributed by atoms with Gasteiger partial charge in [0.15, 0.2) is 0 Å². The lowest BCUT2D eigenvalue weighted by Gasteiger charge is -2.23. The quantitative estimate of drug-likeness (QED) is 0.746. The van der Waals surface area contributed by atoms with Crippen LogP contribution in [0.2, 0.25) is 0 Å². The molecule has 0 spiro atoms. The zero-order valence-electron chi connectivity index (χ0n) is 8.37. The lowest BCUT2D eigenvalue weighted by atomic mass is 10.1. The number of piperidine rings is 1. The van der Waals surface area contributed by atoms with Crippen LogP contribution in [-0.2, 0) is 6.54 Å². The van der Waals surface area contributed by atoms with Gasteiger partial charge in [-0.05, 0) is 31.5 Å². The maximum absolute atomic E-state index is 4.28. The van der Waals surface area contributed by atoms with Gasteiger partial charge in [0.05, 0.1) is 5.69 Å². The molecule has 0 saturated carbocycles. The fourth-order valence-corrected chi connectivity index (χ4v) is 1.78. The van der Waals surface area contributed by atoms with Crippen molar-refractivity contribution < 1.29 is 0 Å². The molecule has 2 N–H and O–H groups in total. The molecule has 0 amide bonds. The topological polar surface area (TPSA) is 37.0 Å². The molecule has 3 heteroatoms. The zero-order chi connectivity index (χ0) is 9.64. The molecule has 1 aliphatic rings. The second kappa shape index (κ2) is 5.08. The number of rotatable bonds is 3. The maximum atomic E-state index is 4.28. The van der Waals surface area contributed by atoms with Gasteiger partial charge >= 0.3 is 0 Å². The molecule has 2 heterocycles. The van der Waals surface area contributed by atoms with Crippen LogP contribution < -0.4 is 10.6 Å². The number of nitrogens with one attached hydrogen (secondary N) is 2. The van der Waals surface area contributed by atoms with Gasteiger partial charge in [0.1, 0.15) is 0 Å². The third kappa shape index (κ3) is 2.79. The second-order valence-corrected chi connectivity index (χ2v) is 3.75. The first-order valence-electron chi connectivity index (χ1n) is 5.29. The summed E-state index contributed by atoms with van der Waals surface area (Å²) in [6, 6.07) is 6.66. The molecule has 1 aromatic rings. The number of hydrogen-bond acceptors (Lipinski definition) is 3. The van der Waals surface area contributed by atoms with Crippen LogP contribution in [0, 0.1) is 0 Å². The van der Waals surface area contributed by atoms with Crippen LogP contribution in [0.15, 0.2) is 24.4 Å². The highest BCUT2D eigenvalue weighted by atomic mass is 15.0. The van der Waals surface area contributed by atoms with Gasteiger partial charge < -0.3 is 10.6 Å². The molecule has 1 aromatic heterocycles. The predicted molar refractivity (Wildman–Crippen MR) is 57.0 cm³/mol. The zero-order valence-corrected chi connectivity index (χ0v) is 8.37. The van der Waals surface area contributed by atoms with Crippen LogP contribution in [0.25, 0.3) is 0 Å². The molecule has 2 rings (SSSR count). The smallest absolute Gasteiger partial charge is 0.0541 e. The minimum atomic E-state index is 0.616. The molecule has 0 bridgehead atoms. The van der Waals surface area contributed by atoms with E-state index < -0.39 is 0 Å². The Hall–Kier alpha value is -0.930. The molecule has 0 aliphatic carbocycles. The molecule has 3 nitrogen and oxygen atoms in total. The molecule has 76 valence electrons. The first-order chi connectivity index (χ1) is 6.95. The van der Waals surface area contributed by atoms with Crippen molar-refractivity contribution in [2.24, 2.45) is 0 Å². The van der Waals surface area contributed by atoms with Crippen molar-refractivity contribution >= 4 is 0 Å². The standard InChI is InChI=1S/C11H17N3/c1-2-7-13-11(4-1)9-14-10-5-3-6-12-8-10/h1-2,4,7,10,12,14H,3,5-6,8-9H2/t10-/m0/s1. The average molecular weight is 191 g/mol. The summed E-state index contributed by atoms with van der Waals surface area (Å²) < 4.78 is 0. The van der Waals surface area contributed by atoms with Gasteiger partial charge in [-0.1, -0.05) is 6.07 Å². The molecule has 0 unspecified atom stereocenters. The monoisotopic (exact) mass is 191 g/mol. The Morgan fingerprint density at radius 3 is 3.21 bits per heavy atom. The molecule has 0 aromatic carbocycles. The Kier molecular flexibility index (Phi) is 3.49. The fourth-order valence-electron chi connectivity index (χ4n) is 1.78. The van der Waals surface area contributed by atoms with Crippen molar-refractivity contribution in [3.05, 3.63) is 30.1 Å². The van der Waals surface area contributed by atoms with Crippen LogP contribution in [0.4, 0.5) is 0 Å². The minimum absolute atomic E-state index is 0.616. The van der Waals surface area contributed by atoms with E-state index in [-0.39, 0.29) is 0 Å². The highest BCUT2D eigenvalue weighted by Crippen LogP contribution is 2.02. The Morgan fingerprint density at radius 1 is 1.50 bits per heavy atom. The Labute approximate surface area is 84.9 Å². The van der Waals surface area contributed by atoms with Crippen LogP contribution in [0.5, 0.6) is 0 Å². The third-order valence-corrected chi connectivity index (χ3v) is 2.59. The van der Waals surface area contributed by atoms with E-state index in [9.17, 15) is 0 Å². The van der Waals surface area contributed by atoms with Crippen molar-refractivity contribution in [2.75, 3.05) is 13.1 Å². The van der Waals surface area contributed by atoms with Crippen LogP contribution in [0.1, 0.15) is 18.5 Å². The van der Waals surface area contributed by atoms with Crippen LogP contribution in [-0.4, -0.2) is 24.1 Å². The Bertz CT molecular complexity index is 254. The van der Waals surface area contributed by atoms with E-state index in [1.807, 2.05) is 18.3 Å². The van der Waals surface area contributed by atoms with Crippen LogP contribution in [0.3, 0.4) is 0 Å². The van der Waals surface area contributed by atoms with E-state index in [4.69, 9.17) is 0 Å². The molecule has 1 atom stereocenters. The lowest BCUT2D eigenvalue weighted by Crippen LogP contribution is -2.42. The highest BCUT2D eigenvalue weighted by molar-refractivity contribution is 5.03. The lowest BCUT2D eigenvalue weighted by molar-refractivity contribution is 0.387. The molecule has 1 fully saturated rings. The van der Waals surface area contributed by atoms with Gasteiger partial charge in [0, 0.05) is 25.3 Å². The van der Waals surface area contributed by atoms with E-state index in [0.29, 0.717) is 6.04 Å². The van der Waals surface area contributed by atoms with Gasteiger partial charge in [-0.15, -0.1) is 0 Å². The van der Waals surface area contributed by atoms with Crippen molar-refractivity contribution in [3.63, 3.8) is 0 Å². The summed E-state index contributed by atoms with van der Waals surface area (Å²) in [6.45, 7) is 3.14. The number of hydrogen-bond donors (Lipinski definition) is 2. The van der Waals surface area contributed by atoms with Gasteiger partial charge in [-0.3, -0.25) is 4.98 Å². The van der Waals surface area contributed by atoms with Gasteiger partial charge in [-0.25, -0.2) is 0 Å². The average Bonchev–Trinajstić information content (AvgIpc) is 2.29. The Morgan fingerprint density at radius 2 is 2.50 bits per heavy atom. The fraction of sp³-hybridized carbons (Fsp3) is 0.545. The minimum Gasteiger partial charge on any atom is -0.315 e. The maximum Gasteiger partial charge on any atom is 0.0541 e. The van der Waals surface area contributed by atoms with Gasteiger partial charge in [-0.2, -0.15) is 0 Å². The van der Waals surface area contributed by atoms with Crippen molar-refractivity contribution in [1.29, 1.82) is 0 Å². The molecule has 0 radical (unpaired) electrons. The summed E-state index contributed by atoms with van der Waals surface area (Å²) in [7, 11) is 0. The van der Waals surface area contributed by atoms with E-state index in [2.05, 4.69) is 21.7 Å². The van der Waals surface area contributed by atoms with Gasteiger partial charge in [0.25, 0.3) is 0 Å². The second-order valence-electron chi connectivity index (χ2n) is 3.75. The molecule has 1 aliphatic heterocycles. The van der Waals surface area contributed by atoms with Gasteiger partial charge in [0.2, 0.25) is 0 Å². The van der Waals surface area contributed by atoms with Crippen molar-refractivity contribution in [3.8, 4) is 0 Å². The third-order valence-electron chi connectivity index (χ3n) is 2.59. The summed E-state index contributed by atoms with van der Waals surface area (Å²) in [5.41, 5.74) is 1.12. The highest BCUT2D eigenvalue weighted by Gasteiger charge is 2.11. The molecular weight excluding hydrogens is 174 g/mol. The number of nitrogens with zero attached hydrogens (tertiary/aromatic N) is 1. The first kappa shape index (κ1) is 9.62. The number of pyridine rings is 1. The summed E-state index contributed by atoms with van der Waals surface area (Å²) in [5.74, 6) is 0. The summed E-state index contributed by atoms with van der Waals surface area (Å²) in [5, 5.41) is 6.90. The summed E-state index contributed by atoms with van der Waals surface area (Å²) in [4.78, 5) is 4.28. The van der Waals surface area contributed by atoms with Crippen LogP contribution >= 0.6 is 0 Å². The molecular formula is C11H17N3. The van der Waals surface area contributed by atoms with Crippen molar-refractivity contribution in [1.82, 2.24) is 15.6 Å². The number of aromatic nitrogens is 1. The Balaban J connectivity index is 1.76. The van der Waals surface area contributed by atoms with E-state index in [1.165, 1.54) is 19.4 Å². The predicted octanol–water partition coefficient (Wildman–Crippen LogP) is 0.923. The van der Waals surface area contributed by atoms with E-state index in [1.54, 1.807) is 0 Å². The largest absolute Gasteiger partial charge is 0.315 e. The normalized spacial score (nSPS) is 22.1. The SMILES string of the molecule is c1ccc(CN[C@H]2CCCNC2)nc1. The first-order valence-corrected chi connectivity index (χ1v) is 5.29. The van der Waals surface area contributed by atoms with Crippen molar-refractivity contribution in [2.45, 2.75) is 25.4 Å².